The van der Waals surface area contributed by atoms with Crippen LogP contribution in [-0.2, 0) is 0 Å². The van der Waals surface area contributed by atoms with Crippen LogP contribution in [0.25, 0.3) is 11.3 Å². The number of nitrogens with one attached hydrogen (secondary N) is 1. The summed E-state index contributed by atoms with van der Waals surface area (Å²) in [7, 11) is 0. The van der Waals surface area contributed by atoms with Crippen molar-refractivity contribution < 1.29 is 4.39 Å². The number of benzene rings is 1. The maximum Gasteiger partial charge on any atom is 0.345 e. The standard InChI is InChI=1S/C11H8ClFN2O/c1-6-4-10(15-11(16)14-6)8-5-7(13)2-3-9(8)12/h2-5H,1H3,(H,14,15,16). The third-order valence-electron chi connectivity index (χ3n) is 2.08. The Balaban J connectivity index is 2.66. The smallest absolute Gasteiger partial charge is 0.310 e. The molecule has 5 heteroatoms. The Hall–Kier alpha value is -1.68. The zero-order chi connectivity index (χ0) is 11.7. The average Bonchev–Trinajstić information content (AvgIpc) is 2.20. The van der Waals surface area contributed by atoms with E-state index in [9.17, 15) is 9.18 Å². The molecule has 0 aliphatic carbocycles. The first-order valence-corrected chi connectivity index (χ1v) is 4.97. The van der Waals surface area contributed by atoms with Gasteiger partial charge >= 0.3 is 5.69 Å². The Morgan fingerprint density at radius 1 is 1.38 bits per heavy atom. The van der Waals surface area contributed by atoms with Crippen molar-refractivity contribution in [3.05, 3.63) is 51.3 Å². The molecule has 16 heavy (non-hydrogen) atoms. The molecule has 0 aliphatic rings. The van der Waals surface area contributed by atoms with Crippen LogP contribution >= 0.6 is 11.6 Å². The Morgan fingerprint density at radius 2 is 2.12 bits per heavy atom. The maximum atomic E-state index is 13.1. The number of aromatic amines is 1. The highest BCUT2D eigenvalue weighted by atomic mass is 35.5. The number of hydrogen-bond donors (Lipinski definition) is 1. The molecule has 0 saturated carbocycles. The second-order valence-corrected chi connectivity index (χ2v) is 3.79. The highest BCUT2D eigenvalue weighted by Crippen LogP contribution is 2.26. The molecule has 0 atom stereocenters. The SMILES string of the molecule is Cc1cc(-c2cc(F)ccc2Cl)nc(=O)[nH]1. The zero-order valence-corrected chi connectivity index (χ0v) is 9.18. The Morgan fingerprint density at radius 3 is 2.81 bits per heavy atom. The van der Waals surface area contributed by atoms with Crippen molar-refractivity contribution >= 4 is 11.6 Å². The van der Waals surface area contributed by atoms with Crippen molar-refractivity contribution in [2.75, 3.05) is 0 Å². The second-order valence-electron chi connectivity index (χ2n) is 3.38. The van der Waals surface area contributed by atoms with Gasteiger partial charge in [0.1, 0.15) is 5.82 Å². The average molecular weight is 239 g/mol. The van der Waals surface area contributed by atoms with Gasteiger partial charge < -0.3 is 4.98 Å². The third-order valence-corrected chi connectivity index (χ3v) is 2.41. The van der Waals surface area contributed by atoms with Crippen LogP contribution in [0.3, 0.4) is 0 Å². The topological polar surface area (TPSA) is 45.8 Å². The molecule has 0 aliphatic heterocycles. The molecule has 1 aromatic heterocycles. The summed E-state index contributed by atoms with van der Waals surface area (Å²) < 4.78 is 13.1. The summed E-state index contributed by atoms with van der Waals surface area (Å²) in [5.41, 5.74) is 0.951. The van der Waals surface area contributed by atoms with Crippen LogP contribution in [0.5, 0.6) is 0 Å². The van der Waals surface area contributed by atoms with Crippen molar-refractivity contribution in [3.63, 3.8) is 0 Å². The highest BCUT2D eigenvalue weighted by Gasteiger charge is 2.07. The first-order valence-electron chi connectivity index (χ1n) is 4.59. The predicted octanol–water partition coefficient (Wildman–Crippen LogP) is 2.54. The summed E-state index contributed by atoms with van der Waals surface area (Å²) in [6.07, 6.45) is 0. The first-order chi connectivity index (χ1) is 7.56. The molecular weight excluding hydrogens is 231 g/mol. The number of rotatable bonds is 1. The van der Waals surface area contributed by atoms with E-state index in [1.54, 1.807) is 13.0 Å². The van der Waals surface area contributed by atoms with Crippen LogP contribution in [0.1, 0.15) is 5.69 Å². The van der Waals surface area contributed by atoms with Crippen molar-refractivity contribution in [1.29, 1.82) is 0 Å². The molecule has 2 aromatic rings. The zero-order valence-electron chi connectivity index (χ0n) is 8.42. The van der Waals surface area contributed by atoms with Gasteiger partial charge in [0.25, 0.3) is 0 Å². The predicted molar refractivity (Wildman–Crippen MR) is 60.0 cm³/mol. The van der Waals surface area contributed by atoms with Gasteiger partial charge in [-0.05, 0) is 31.2 Å². The van der Waals surface area contributed by atoms with Gasteiger partial charge in [-0.15, -0.1) is 0 Å². The fourth-order valence-electron chi connectivity index (χ4n) is 1.41. The number of H-pyrrole nitrogens is 1. The molecule has 0 amide bonds. The molecule has 3 nitrogen and oxygen atoms in total. The largest absolute Gasteiger partial charge is 0.345 e. The van der Waals surface area contributed by atoms with Gasteiger partial charge in [-0.3, -0.25) is 0 Å². The van der Waals surface area contributed by atoms with Gasteiger partial charge in [-0.2, -0.15) is 4.98 Å². The van der Waals surface area contributed by atoms with Crippen molar-refractivity contribution in [2.24, 2.45) is 0 Å². The van der Waals surface area contributed by atoms with Crippen LogP contribution in [0, 0.1) is 12.7 Å². The van der Waals surface area contributed by atoms with E-state index < -0.39 is 11.5 Å². The molecule has 0 unspecified atom stereocenters. The van der Waals surface area contributed by atoms with Gasteiger partial charge in [0, 0.05) is 11.3 Å². The van der Waals surface area contributed by atoms with E-state index in [2.05, 4.69) is 9.97 Å². The fourth-order valence-corrected chi connectivity index (χ4v) is 1.63. The molecule has 0 saturated heterocycles. The van der Waals surface area contributed by atoms with Crippen molar-refractivity contribution in [3.8, 4) is 11.3 Å². The van der Waals surface area contributed by atoms with Crippen molar-refractivity contribution in [2.45, 2.75) is 6.92 Å². The van der Waals surface area contributed by atoms with E-state index >= 15 is 0 Å². The van der Waals surface area contributed by atoms with E-state index in [1.807, 2.05) is 0 Å². The summed E-state index contributed by atoms with van der Waals surface area (Å²) in [6.45, 7) is 1.72. The lowest BCUT2D eigenvalue weighted by Crippen LogP contribution is -2.12. The molecule has 0 fully saturated rings. The number of hydrogen-bond acceptors (Lipinski definition) is 2. The number of aromatic nitrogens is 2. The van der Waals surface area contributed by atoms with E-state index in [1.165, 1.54) is 18.2 Å². The molecule has 1 heterocycles. The lowest BCUT2D eigenvalue weighted by molar-refractivity contribution is 0.628. The summed E-state index contributed by atoms with van der Waals surface area (Å²) in [6, 6.07) is 5.59. The Kier molecular flexibility index (Phi) is 2.75. The van der Waals surface area contributed by atoms with E-state index in [0.717, 1.165) is 0 Å². The third kappa shape index (κ3) is 2.12. The number of halogens is 2. The van der Waals surface area contributed by atoms with Crippen LogP contribution in [0.15, 0.2) is 29.1 Å². The lowest BCUT2D eigenvalue weighted by atomic mass is 10.1. The monoisotopic (exact) mass is 238 g/mol. The number of nitrogens with zero attached hydrogens (tertiary/aromatic N) is 1. The van der Waals surface area contributed by atoms with Crippen LogP contribution in [0.2, 0.25) is 5.02 Å². The summed E-state index contributed by atoms with van der Waals surface area (Å²) >= 11 is 5.92. The van der Waals surface area contributed by atoms with E-state index in [-0.39, 0.29) is 0 Å². The van der Waals surface area contributed by atoms with Crippen LogP contribution in [0.4, 0.5) is 4.39 Å². The summed E-state index contributed by atoms with van der Waals surface area (Å²) in [4.78, 5) is 17.4. The molecule has 0 radical (unpaired) electrons. The summed E-state index contributed by atoms with van der Waals surface area (Å²) in [5.74, 6) is -0.417. The number of aryl methyl sites for hydroxylation is 1. The fraction of sp³-hybridized carbons (Fsp3) is 0.0909. The normalized spacial score (nSPS) is 10.4. The van der Waals surface area contributed by atoms with Crippen molar-refractivity contribution in [1.82, 2.24) is 9.97 Å². The summed E-state index contributed by atoms with van der Waals surface area (Å²) in [5, 5.41) is 0.360. The van der Waals surface area contributed by atoms with Gasteiger partial charge in [0.05, 0.1) is 10.7 Å². The van der Waals surface area contributed by atoms with E-state index in [4.69, 9.17) is 11.6 Å². The molecule has 2 rings (SSSR count). The molecule has 0 spiro atoms. The lowest BCUT2D eigenvalue weighted by Gasteiger charge is -2.03. The molecular formula is C11H8ClFN2O. The minimum Gasteiger partial charge on any atom is -0.310 e. The molecule has 1 aromatic carbocycles. The molecule has 82 valence electrons. The highest BCUT2D eigenvalue weighted by molar-refractivity contribution is 6.33. The van der Waals surface area contributed by atoms with Gasteiger partial charge in [-0.25, -0.2) is 9.18 Å². The van der Waals surface area contributed by atoms with Crippen LogP contribution < -0.4 is 5.69 Å². The van der Waals surface area contributed by atoms with Gasteiger partial charge in [0.15, 0.2) is 0 Å². The molecule has 0 bridgehead atoms. The Labute approximate surface area is 95.9 Å². The first kappa shape index (κ1) is 10.8. The van der Waals surface area contributed by atoms with E-state index in [0.29, 0.717) is 22.0 Å². The van der Waals surface area contributed by atoms with Crippen LogP contribution in [-0.4, -0.2) is 9.97 Å². The quantitative estimate of drug-likeness (QED) is 0.830. The Bertz CT molecular complexity index is 595. The van der Waals surface area contributed by atoms with Gasteiger partial charge in [0.2, 0.25) is 0 Å². The minimum atomic E-state index is -0.477. The minimum absolute atomic E-state index is 0.360. The second kappa shape index (κ2) is 4.06. The van der Waals surface area contributed by atoms with Gasteiger partial charge in [-0.1, -0.05) is 11.6 Å². The maximum absolute atomic E-state index is 13.1. The molecule has 1 N–H and O–H groups in total.